The minimum atomic E-state index is -2.92. The summed E-state index contributed by atoms with van der Waals surface area (Å²) in [6.45, 7) is -2.92. The number of H-pyrrole nitrogens is 1. The maximum Gasteiger partial charge on any atom is 0.387 e. The maximum absolute atomic E-state index is 12.9. The van der Waals surface area contributed by atoms with E-state index in [0.717, 1.165) is 0 Å². The standard InChI is InChI=1S/C16H11F3N2O2/c17-11-4-6-12(7-5-11)21-15(22)9-14(20-21)10-2-1-3-13(8-10)23-16(18)19/h1-9,16,20H. The van der Waals surface area contributed by atoms with E-state index in [9.17, 15) is 18.0 Å². The molecule has 0 unspecified atom stereocenters. The van der Waals surface area contributed by atoms with Crippen LogP contribution in [0.4, 0.5) is 13.2 Å². The van der Waals surface area contributed by atoms with Gasteiger partial charge in [0.1, 0.15) is 11.6 Å². The number of hydrogen-bond donors (Lipinski definition) is 1. The maximum atomic E-state index is 12.9. The molecule has 3 rings (SSSR count). The first-order valence-corrected chi connectivity index (χ1v) is 6.66. The number of alkyl halides is 2. The van der Waals surface area contributed by atoms with Crippen LogP contribution in [0.2, 0.25) is 0 Å². The summed E-state index contributed by atoms with van der Waals surface area (Å²) in [6.07, 6.45) is 0. The van der Waals surface area contributed by atoms with E-state index in [-0.39, 0.29) is 11.3 Å². The highest BCUT2D eigenvalue weighted by atomic mass is 19.3. The largest absolute Gasteiger partial charge is 0.435 e. The number of hydrogen-bond acceptors (Lipinski definition) is 2. The number of nitrogens with zero attached hydrogens (tertiary/aromatic N) is 1. The van der Waals surface area contributed by atoms with Gasteiger partial charge >= 0.3 is 6.61 Å². The van der Waals surface area contributed by atoms with Gasteiger partial charge in [-0.15, -0.1) is 0 Å². The molecule has 118 valence electrons. The molecule has 1 N–H and O–H groups in total. The fourth-order valence-corrected chi connectivity index (χ4v) is 2.17. The number of aromatic nitrogens is 2. The first-order chi connectivity index (χ1) is 11.0. The average Bonchev–Trinajstić information content (AvgIpc) is 2.90. The molecule has 0 radical (unpaired) electrons. The van der Waals surface area contributed by atoms with Gasteiger partial charge in [-0.3, -0.25) is 9.89 Å². The number of halogens is 3. The molecule has 0 fully saturated rings. The Bertz CT molecular complexity index is 870. The lowest BCUT2D eigenvalue weighted by atomic mass is 10.1. The molecule has 0 aliphatic rings. The molecule has 0 amide bonds. The van der Waals surface area contributed by atoms with E-state index in [1.807, 2.05) is 0 Å². The lowest BCUT2D eigenvalue weighted by molar-refractivity contribution is -0.0498. The van der Waals surface area contributed by atoms with Crippen molar-refractivity contribution in [3.05, 3.63) is 70.8 Å². The van der Waals surface area contributed by atoms with Gasteiger partial charge in [0, 0.05) is 11.6 Å². The Morgan fingerprint density at radius 2 is 1.78 bits per heavy atom. The Labute approximate surface area is 128 Å². The quantitative estimate of drug-likeness (QED) is 0.799. The van der Waals surface area contributed by atoms with Crippen molar-refractivity contribution in [1.82, 2.24) is 9.78 Å². The molecule has 4 nitrogen and oxygen atoms in total. The van der Waals surface area contributed by atoms with Crippen LogP contribution in [-0.2, 0) is 0 Å². The molecule has 0 aliphatic carbocycles. The topological polar surface area (TPSA) is 47.0 Å². The van der Waals surface area contributed by atoms with E-state index in [4.69, 9.17) is 0 Å². The highest BCUT2D eigenvalue weighted by Gasteiger charge is 2.10. The van der Waals surface area contributed by atoms with Crippen LogP contribution in [0.25, 0.3) is 16.9 Å². The van der Waals surface area contributed by atoms with Crippen molar-refractivity contribution in [2.75, 3.05) is 0 Å². The van der Waals surface area contributed by atoms with Crippen molar-refractivity contribution in [1.29, 1.82) is 0 Å². The molecule has 7 heteroatoms. The summed E-state index contributed by atoms with van der Waals surface area (Å²) in [7, 11) is 0. The SMILES string of the molecule is O=c1cc(-c2cccc(OC(F)F)c2)[nH]n1-c1ccc(F)cc1. The fraction of sp³-hybridized carbons (Fsp3) is 0.0625. The Morgan fingerprint density at radius 3 is 2.48 bits per heavy atom. The van der Waals surface area contributed by atoms with Crippen molar-refractivity contribution in [2.24, 2.45) is 0 Å². The molecule has 1 heterocycles. The van der Waals surface area contributed by atoms with Gasteiger partial charge in [-0.1, -0.05) is 12.1 Å². The van der Waals surface area contributed by atoms with Gasteiger partial charge < -0.3 is 4.74 Å². The van der Waals surface area contributed by atoms with E-state index in [1.54, 1.807) is 12.1 Å². The summed E-state index contributed by atoms with van der Waals surface area (Å²) in [6, 6.07) is 12.7. The molecular weight excluding hydrogens is 309 g/mol. The minimum Gasteiger partial charge on any atom is -0.435 e. The third-order valence-electron chi connectivity index (χ3n) is 3.18. The summed E-state index contributed by atoms with van der Waals surface area (Å²) in [5.74, 6) is -0.418. The molecule has 3 aromatic rings. The average molecular weight is 320 g/mol. The van der Waals surface area contributed by atoms with Crippen LogP contribution in [0.3, 0.4) is 0 Å². The first kappa shape index (κ1) is 15.0. The number of ether oxygens (including phenoxy) is 1. The molecule has 0 aliphatic heterocycles. The van der Waals surface area contributed by atoms with Crippen LogP contribution in [-0.4, -0.2) is 16.4 Å². The Kier molecular flexibility index (Phi) is 3.92. The van der Waals surface area contributed by atoms with Gasteiger partial charge in [0.25, 0.3) is 5.56 Å². The normalized spacial score (nSPS) is 11.0. The zero-order valence-electron chi connectivity index (χ0n) is 11.7. The lowest BCUT2D eigenvalue weighted by Gasteiger charge is -2.06. The Morgan fingerprint density at radius 1 is 1.04 bits per heavy atom. The van der Waals surface area contributed by atoms with Crippen LogP contribution in [0, 0.1) is 5.82 Å². The first-order valence-electron chi connectivity index (χ1n) is 6.66. The molecule has 0 saturated carbocycles. The number of aromatic amines is 1. The molecule has 0 bridgehead atoms. The molecule has 23 heavy (non-hydrogen) atoms. The second-order valence-corrected chi connectivity index (χ2v) is 4.73. The van der Waals surface area contributed by atoms with Gasteiger partial charge in [0.15, 0.2) is 0 Å². The second-order valence-electron chi connectivity index (χ2n) is 4.73. The highest BCUT2D eigenvalue weighted by molar-refractivity contribution is 5.61. The van der Waals surface area contributed by atoms with Crippen molar-refractivity contribution in [3.8, 4) is 22.7 Å². The summed E-state index contributed by atoms with van der Waals surface area (Å²) < 4.78 is 43.0. The van der Waals surface area contributed by atoms with Crippen molar-refractivity contribution in [3.63, 3.8) is 0 Å². The molecular formula is C16H11F3N2O2. The van der Waals surface area contributed by atoms with Gasteiger partial charge in [0.2, 0.25) is 0 Å². The Balaban J connectivity index is 1.97. The molecule has 0 saturated heterocycles. The number of nitrogens with one attached hydrogen (secondary N) is 1. The van der Waals surface area contributed by atoms with Gasteiger partial charge in [0.05, 0.1) is 11.4 Å². The van der Waals surface area contributed by atoms with E-state index >= 15 is 0 Å². The third-order valence-corrected chi connectivity index (χ3v) is 3.18. The molecule has 0 spiro atoms. The van der Waals surface area contributed by atoms with E-state index in [1.165, 1.54) is 47.1 Å². The van der Waals surface area contributed by atoms with Gasteiger partial charge in [-0.05, 0) is 36.4 Å². The van der Waals surface area contributed by atoms with Crippen LogP contribution in [0.15, 0.2) is 59.4 Å². The van der Waals surface area contributed by atoms with E-state index < -0.39 is 12.4 Å². The smallest absolute Gasteiger partial charge is 0.387 e. The highest BCUT2D eigenvalue weighted by Crippen LogP contribution is 2.23. The predicted octanol–water partition coefficient (Wildman–Crippen LogP) is 3.57. The molecule has 0 atom stereocenters. The molecule has 2 aromatic carbocycles. The summed E-state index contributed by atoms with van der Waals surface area (Å²) in [5.41, 5.74) is 1.05. The van der Waals surface area contributed by atoms with Crippen molar-refractivity contribution < 1.29 is 17.9 Å². The van der Waals surface area contributed by atoms with Gasteiger partial charge in [-0.2, -0.15) is 8.78 Å². The molecule has 1 aromatic heterocycles. The summed E-state index contributed by atoms with van der Waals surface area (Å²) in [5, 5.41) is 2.85. The van der Waals surface area contributed by atoms with Crippen LogP contribution in [0.1, 0.15) is 0 Å². The predicted molar refractivity (Wildman–Crippen MR) is 78.4 cm³/mol. The van der Waals surface area contributed by atoms with E-state index in [0.29, 0.717) is 16.9 Å². The van der Waals surface area contributed by atoms with Crippen molar-refractivity contribution >= 4 is 0 Å². The third kappa shape index (κ3) is 3.28. The number of benzene rings is 2. The van der Waals surface area contributed by atoms with Crippen LogP contribution >= 0.6 is 0 Å². The Hall–Kier alpha value is -2.96. The second kappa shape index (κ2) is 6.04. The summed E-state index contributed by atoms with van der Waals surface area (Å²) in [4.78, 5) is 12.0. The monoisotopic (exact) mass is 320 g/mol. The fourth-order valence-electron chi connectivity index (χ4n) is 2.17. The van der Waals surface area contributed by atoms with Crippen LogP contribution < -0.4 is 10.3 Å². The van der Waals surface area contributed by atoms with Gasteiger partial charge in [-0.25, -0.2) is 9.07 Å². The lowest BCUT2D eigenvalue weighted by Crippen LogP contribution is -2.13. The zero-order chi connectivity index (χ0) is 16.4. The van der Waals surface area contributed by atoms with E-state index in [2.05, 4.69) is 9.84 Å². The van der Waals surface area contributed by atoms with Crippen molar-refractivity contribution in [2.45, 2.75) is 6.61 Å². The minimum absolute atomic E-state index is 0.00659. The van der Waals surface area contributed by atoms with Crippen LogP contribution in [0.5, 0.6) is 5.75 Å². The summed E-state index contributed by atoms with van der Waals surface area (Å²) >= 11 is 0. The number of rotatable bonds is 4. The zero-order valence-corrected chi connectivity index (χ0v) is 11.7.